The first-order valence-corrected chi connectivity index (χ1v) is 10.6. The second kappa shape index (κ2) is 8.76. The van der Waals surface area contributed by atoms with Gasteiger partial charge < -0.3 is 9.47 Å². The lowest BCUT2D eigenvalue weighted by molar-refractivity contribution is 0.0472. The highest BCUT2D eigenvalue weighted by Gasteiger charge is 2.27. The smallest absolute Gasteiger partial charge is 0.343 e. The van der Waals surface area contributed by atoms with Gasteiger partial charge in [-0.2, -0.15) is 0 Å². The molecule has 3 aromatic rings. The van der Waals surface area contributed by atoms with E-state index in [1.807, 2.05) is 42.5 Å². The molecule has 0 N–H and O–H groups in total. The molecule has 1 aliphatic rings. The van der Waals surface area contributed by atoms with Gasteiger partial charge in [-0.15, -0.1) is 0 Å². The molecule has 0 radical (unpaired) electrons. The molecule has 31 heavy (non-hydrogen) atoms. The molecular weight excluding hydrogens is 388 g/mol. The molecule has 0 saturated carbocycles. The van der Waals surface area contributed by atoms with Crippen LogP contribution in [0.2, 0.25) is 0 Å². The first-order chi connectivity index (χ1) is 14.9. The van der Waals surface area contributed by atoms with E-state index >= 15 is 0 Å². The van der Waals surface area contributed by atoms with Crippen LogP contribution in [0, 0.1) is 0 Å². The van der Waals surface area contributed by atoms with Crippen LogP contribution in [0.25, 0.3) is 0 Å². The van der Waals surface area contributed by atoms with Crippen molar-refractivity contribution in [3.8, 4) is 5.75 Å². The van der Waals surface area contributed by atoms with Crippen LogP contribution in [-0.2, 0) is 23.2 Å². The highest BCUT2D eigenvalue weighted by Crippen LogP contribution is 2.37. The van der Waals surface area contributed by atoms with Gasteiger partial charge in [0.1, 0.15) is 12.4 Å². The molecule has 3 aromatic carbocycles. The molecule has 0 atom stereocenters. The summed E-state index contributed by atoms with van der Waals surface area (Å²) in [7, 11) is 0. The molecule has 0 amide bonds. The minimum atomic E-state index is -0.418. The van der Waals surface area contributed by atoms with E-state index in [2.05, 4.69) is 19.9 Å². The SMILES string of the molecule is CC1(C)CCCc2cc(C(=O)Oc3ccc(C(=O)OCc4ccccc4)cc3)ccc21. The van der Waals surface area contributed by atoms with Crippen LogP contribution in [-0.4, -0.2) is 11.9 Å². The van der Waals surface area contributed by atoms with Gasteiger partial charge in [0, 0.05) is 0 Å². The maximum atomic E-state index is 12.6. The van der Waals surface area contributed by atoms with Crippen LogP contribution < -0.4 is 4.74 Å². The van der Waals surface area contributed by atoms with Crippen LogP contribution in [0.15, 0.2) is 72.8 Å². The molecule has 4 heteroatoms. The van der Waals surface area contributed by atoms with Crippen molar-refractivity contribution in [2.45, 2.75) is 45.1 Å². The van der Waals surface area contributed by atoms with Crippen LogP contribution in [0.3, 0.4) is 0 Å². The Hall–Kier alpha value is -3.40. The quantitative estimate of drug-likeness (QED) is 0.387. The van der Waals surface area contributed by atoms with E-state index < -0.39 is 11.9 Å². The summed E-state index contributed by atoms with van der Waals surface area (Å²) < 4.78 is 10.8. The van der Waals surface area contributed by atoms with Crippen molar-refractivity contribution < 1.29 is 19.1 Å². The van der Waals surface area contributed by atoms with Crippen molar-refractivity contribution in [1.29, 1.82) is 0 Å². The van der Waals surface area contributed by atoms with Crippen LogP contribution >= 0.6 is 0 Å². The summed E-state index contributed by atoms with van der Waals surface area (Å²) in [6.07, 6.45) is 3.27. The fourth-order valence-electron chi connectivity index (χ4n) is 4.07. The second-order valence-electron chi connectivity index (χ2n) is 8.58. The highest BCUT2D eigenvalue weighted by molar-refractivity contribution is 5.92. The van der Waals surface area contributed by atoms with Crippen molar-refractivity contribution in [3.05, 3.63) is 101 Å². The summed E-state index contributed by atoms with van der Waals surface area (Å²) in [4.78, 5) is 24.9. The van der Waals surface area contributed by atoms with Crippen molar-refractivity contribution in [2.24, 2.45) is 0 Å². The Bertz CT molecular complexity index is 1080. The number of benzene rings is 3. The lowest BCUT2D eigenvalue weighted by Crippen LogP contribution is -2.24. The topological polar surface area (TPSA) is 52.6 Å². The number of fused-ring (bicyclic) bond motifs is 1. The largest absolute Gasteiger partial charge is 0.457 e. The molecule has 0 saturated heterocycles. The van der Waals surface area contributed by atoms with Gasteiger partial charge in [0.15, 0.2) is 0 Å². The number of rotatable bonds is 5. The predicted molar refractivity (Wildman–Crippen MR) is 119 cm³/mol. The summed E-state index contributed by atoms with van der Waals surface area (Å²) in [5.41, 5.74) is 4.56. The van der Waals surface area contributed by atoms with E-state index in [-0.39, 0.29) is 12.0 Å². The Morgan fingerprint density at radius 1 is 0.871 bits per heavy atom. The zero-order valence-electron chi connectivity index (χ0n) is 17.9. The molecule has 158 valence electrons. The first-order valence-electron chi connectivity index (χ1n) is 10.6. The monoisotopic (exact) mass is 414 g/mol. The van der Waals surface area contributed by atoms with Gasteiger partial charge in [0.2, 0.25) is 0 Å². The number of carbonyl (C=O) groups is 2. The number of hydrogen-bond acceptors (Lipinski definition) is 4. The zero-order valence-corrected chi connectivity index (χ0v) is 17.9. The summed E-state index contributed by atoms with van der Waals surface area (Å²) in [5, 5.41) is 0. The number of esters is 2. The number of carbonyl (C=O) groups excluding carboxylic acids is 2. The van der Waals surface area contributed by atoms with Gasteiger partial charge in [0.05, 0.1) is 11.1 Å². The molecule has 0 unspecified atom stereocenters. The standard InChI is InChI=1S/C27H26O4/c1-27(2)16-6-9-21-17-22(12-15-24(21)27)26(29)31-23-13-10-20(11-14-23)25(28)30-18-19-7-4-3-5-8-19/h3-5,7-8,10-15,17H,6,9,16,18H2,1-2H3. The second-order valence-corrected chi connectivity index (χ2v) is 8.58. The van der Waals surface area contributed by atoms with E-state index in [9.17, 15) is 9.59 Å². The fourth-order valence-corrected chi connectivity index (χ4v) is 4.07. The maximum Gasteiger partial charge on any atom is 0.343 e. The third-order valence-corrected chi connectivity index (χ3v) is 5.83. The molecule has 4 rings (SSSR count). The molecule has 0 spiro atoms. The molecule has 0 aromatic heterocycles. The minimum absolute atomic E-state index is 0.140. The van der Waals surface area contributed by atoms with Crippen LogP contribution in [0.1, 0.15) is 64.1 Å². The molecule has 0 fully saturated rings. The number of ether oxygens (including phenoxy) is 2. The van der Waals surface area contributed by atoms with E-state index in [4.69, 9.17) is 9.47 Å². The fraction of sp³-hybridized carbons (Fsp3) is 0.259. The summed E-state index contributed by atoms with van der Waals surface area (Å²) in [5.74, 6) is -0.424. The van der Waals surface area contributed by atoms with Crippen molar-refractivity contribution in [2.75, 3.05) is 0 Å². The summed E-state index contributed by atoms with van der Waals surface area (Å²) in [6.45, 7) is 4.70. The Morgan fingerprint density at radius 3 is 2.32 bits per heavy atom. The van der Waals surface area contributed by atoms with Gasteiger partial charge in [-0.25, -0.2) is 9.59 Å². The zero-order chi connectivity index (χ0) is 21.8. The first kappa shape index (κ1) is 20.9. The van der Waals surface area contributed by atoms with Gasteiger partial charge in [-0.3, -0.25) is 0 Å². The molecular formula is C27H26O4. The lowest BCUT2D eigenvalue weighted by Gasteiger charge is -2.32. The molecule has 1 aliphatic carbocycles. The van der Waals surface area contributed by atoms with Gasteiger partial charge in [-0.05, 0) is 77.8 Å². The lowest BCUT2D eigenvalue weighted by atomic mass is 9.72. The Kier molecular flexibility index (Phi) is 5.90. The maximum absolute atomic E-state index is 12.6. The molecule has 4 nitrogen and oxygen atoms in total. The normalized spacial score (nSPS) is 14.4. The van der Waals surface area contributed by atoms with Crippen molar-refractivity contribution in [1.82, 2.24) is 0 Å². The Labute approximate surface area is 182 Å². The van der Waals surface area contributed by atoms with E-state index in [0.29, 0.717) is 16.9 Å². The van der Waals surface area contributed by atoms with Crippen molar-refractivity contribution >= 4 is 11.9 Å². The van der Waals surface area contributed by atoms with E-state index in [0.717, 1.165) is 24.8 Å². The Morgan fingerprint density at radius 2 is 1.58 bits per heavy atom. The number of hydrogen-bond donors (Lipinski definition) is 0. The average Bonchev–Trinajstić information content (AvgIpc) is 2.78. The van der Waals surface area contributed by atoms with Gasteiger partial charge in [0.25, 0.3) is 0 Å². The molecule has 0 heterocycles. The number of aryl methyl sites for hydroxylation is 1. The van der Waals surface area contributed by atoms with Crippen LogP contribution in [0.4, 0.5) is 0 Å². The van der Waals surface area contributed by atoms with Crippen molar-refractivity contribution in [3.63, 3.8) is 0 Å². The van der Waals surface area contributed by atoms with Gasteiger partial charge >= 0.3 is 11.9 Å². The summed E-state index contributed by atoms with van der Waals surface area (Å²) >= 11 is 0. The van der Waals surface area contributed by atoms with Crippen LogP contribution in [0.5, 0.6) is 5.75 Å². The van der Waals surface area contributed by atoms with E-state index in [1.54, 1.807) is 24.3 Å². The highest BCUT2D eigenvalue weighted by atomic mass is 16.5. The third-order valence-electron chi connectivity index (χ3n) is 5.83. The predicted octanol–water partition coefficient (Wildman–Crippen LogP) is 5.88. The summed E-state index contributed by atoms with van der Waals surface area (Å²) in [6, 6.07) is 21.8. The Balaban J connectivity index is 1.38. The molecule has 0 bridgehead atoms. The van der Waals surface area contributed by atoms with E-state index in [1.165, 1.54) is 11.1 Å². The third kappa shape index (κ3) is 4.85. The molecule has 0 aliphatic heterocycles. The minimum Gasteiger partial charge on any atom is -0.457 e. The van der Waals surface area contributed by atoms with Gasteiger partial charge in [-0.1, -0.05) is 50.2 Å². The average molecular weight is 415 g/mol.